The SMILES string of the molecule is CCOc1cc(C2/C(=C(\O)c3ccc(OC)cc3C)C(=O)C(=O)N2CCc2ccc(F)cc2)ccc1O. The number of aromatic hydroxyl groups is 1. The number of aryl methyl sites for hydroxylation is 1. The number of aliphatic hydroxyl groups is 1. The predicted molar refractivity (Wildman–Crippen MR) is 136 cm³/mol. The number of halogens is 1. The summed E-state index contributed by atoms with van der Waals surface area (Å²) in [5.41, 5.74) is 2.27. The fourth-order valence-corrected chi connectivity index (χ4v) is 4.50. The molecule has 3 aromatic rings. The van der Waals surface area contributed by atoms with Crippen LogP contribution in [0.1, 0.15) is 35.2 Å². The first-order valence-electron chi connectivity index (χ1n) is 11.9. The molecular formula is C29H28FNO6. The van der Waals surface area contributed by atoms with E-state index in [4.69, 9.17) is 9.47 Å². The topological polar surface area (TPSA) is 96.3 Å². The maximum atomic E-state index is 13.4. The Hall–Kier alpha value is -4.33. The van der Waals surface area contributed by atoms with Crippen molar-refractivity contribution in [1.82, 2.24) is 4.90 Å². The second kappa shape index (κ2) is 10.7. The highest BCUT2D eigenvalue weighted by Crippen LogP contribution is 2.42. The Morgan fingerprint density at radius 3 is 2.43 bits per heavy atom. The summed E-state index contributed by atoms with van der Waals surface area (Å²) in [6, 6.07) is 14.6. The van der Waals surface area contributed by atoms with E-state index in [2.05, 4.69) is 0 Å². The van der Waals surface area contributed by atoms with Crippen LogP contribution in [0, 0.1) is 12.7 Å². The van der Waals surface area contributed by atoms with E-state index in [1.165, 1.54) is 30.2 Å². The normalized spacial score (nSPS) is 16.8. The Morgan fingerprint density at radius 1 is 1.05 bits per heavy atom. The zero-order valence-corrected chi connectivity index (χ0v) is 20.8. The van der Waals surface area contributed by atoms with Gasteiger partial charge in [-0.2, -0.15) is 0 Å². The molecule has 192 valence electrons. The van der Waals surface area contributed by atoms with Gasteiger partial charge in [0.15, 0.2) is 11.5 Å². The number of carbonyl (C=O) groups is 2. The van der Waals surface area contributed by atoms with Crippen molar-refractivity contribution in [1.29, 1.82) is 0 Å². The van der Waals surface area contributed by atoms with E-state index in [0.717, 1.165) is 5.56 Å². The second-order valence-corrected chi connectivity index (χ2v) is 8.71. The number of benzene rings is 3. The van der Waals surface area contributed by atoms with Crippen LogP contribution < -0.4 is 9.47 Å². The molecule has 1 saturated heterocycles. The first-order chi connectivity index (χ1) is 17.7. The number of hydrogen-bond acceptors (Lipinski definition) is 6. The number of rotatable bonds is 8. The molecule has 0 spiro atoms. The van der Waals surface area contributed by atoms with Gasteiger partial charge in [-0.1, -0.05) is 18.2 Å². The van der Waals surface area contributed by atoms with E-state index in [1.54, 1.807) is 56.3 Å². The molecule has 1 aliphatic rings. The maximum Gasteiger partial charge on any atom is 0.295 e. The lowest BCUT2D eigenvalue weighted by atomic mass is 9.93. The Balaban J connectivity index is 1.83. The molecule has 0 aromatic heterocycles. The van der Waals surface area contributed by atoms with Gasteiger partial charge in [0.05, 0.1) is 25.3 Å². The molecule has 2 N–H and O–H groups in total. The van der Waals surface area contributed by atoms with Gasteiger partial charge >= 0.3 is 0 Å². The molecule has 1 heterocycles. The van der Waals surface area contributed by atoms with Gasteiger partial charge in [-0.05, 0) is 79.4 Å². The fourth-order valence-electron chi connectivity index (χ4n) is 4.50. The number of aliphatic hydroxyl groups excluding tert-OH is 1. The van der Waals surface area contributed by atoms with Crippen molar-refractivity contribution in [2.75, 3.05) is 20.3 Å². The van der Waals surface area contributed by atoms with E-state index in [-0.39, 0.29) is 35.2 Å². The van der Waals surface area contributed by atoms with E-state index in [1.807, 2.05) is 0 Å². The van der Waals surface area contributed by atoms with Gasteiger partial charge in [0.1, 0.15) is 17.3 Å². The number of ether oxygens (including phenoxy) is 2. The number of phenolic OH excluding ortho intramolecular Hbond substituents is 1. The van der Waals surface area contributed by atoms with Crippen LogP contribution in [0.15, 0.2) is 66.2 Å². The van der Waals surface area contributed by atoms with Gasteiger partial charge in [-0.15, -0.1) is 0 Å². The molecule has 0 aliphatic carbocycles. The molecule has 4 rings (SSSR count). The van der Waals surface area contributed by atoms with Crippen LogP contribution in [0.5, 0.6) is 17.2 Å². The molecule has 8 heteroatoms. The Kier molecular flexibility index (Phi) is 7.47. The van der Waals surface area contributed by atoms with Gasteiger partial charge in [-0.25, -0.2) is 4.39 Å². The molecule has 1 aliphatic heterocycles. The Labute approximate surface area is 214 Å². The van der Waals surface area contributed by atoms with Crippen LogP contribution in [0.2, 0.25) is 0 Å². The van der Waals surface area contributed by atoms with Gasteiger partial charge in [0, 0.05) is 12.1 Å². The van der Waals surface area contributed by atoms with E-state index in [0.29, 0.717) is 35.5 Å². The van der Waals surface area contributed by atoms with Crippen molar-refractivity contribution < 1.29 is 33.7 Å². The first-order valence-corrected chi connectivity index (χ1v) is 11.9. The number of carbonyl (C=O) groups excluding carboxylic acids is 2. The number of hydrogen-bond donors (Lipinski definition) is 2. The third kappa shape index (κ3) is 5.14. The largest absolute Gasteiger partial charge is 0.507 e. The molecule has 1 atom stereocenters. The lowest BCUT2D eigenvalue weighted by molar-refractivity contribution is -0.139. The van der Waals surface area contributed by atoms with Crippen LogP contribution in [-0.2, 0) is 16.0 Å². The van der Waals surface area contributed by atoms with Gasteiger partial charge < -0.3 is 24.6 Å². The zero-order chi connectivity index (χ0) is 26.7. The molecule has 0 saturated carbocycles. The van der Waals surface area contributed by atoms with Crippen molar-refractivity contribution in [2.24, 2.45) is 0 Å². The highest BCUT2D eigenvalue weighted by Gasteiger charge is 2.46. The minimum absolute atomic E-state index is 0.0643. The molecule has 1 amide bonds. The number of amides is 1. The van der Waals surface area contributed by atoms with Crippen molar-refractivity contribution >= 4 is 17.4 Å². The number of ketones is 1. The third-order valence-electron chi connectivity index (χ3n) is 6.38. The number of likely N-dealkylation sites (tertiary alicyclic amines) is 1. The summed E-state index contributed by atoms with van der Waals surface area (Å²) in [6.45, 7) is 3.98. The fraction of sp³-hybridized carbons (Fsp3) is 0.241. The van der Waals surface area contributed by atoms with Gasteiger partial charge in [0.25, 0.3) is 11.7 Å². The highest BCUT2D eigenvalue weighted by molar-refractivity contribution is 6.46. The minimum atomic E-state index is -0.929. The molecule has 3 aromatic carbocycles. The first kappa shape index (κ1) is 25.8. The van der Waals surface area contributed by atoms with Crippen LogP contribution in [0.4, 0.5) is 4.39 Å². The molecule has 0 radical (unpaired) electrons. The van der Waals surface area contributed by atoms with Crippen molar-refractivity contribution in [3.63, 3.8) is 0 Å². The van der Waals surface area contributed by atoms with E-state index >= 15 is 0 Å². The van der Waals surface area contributed by atoms with Crippen LogP contribution >= 0.6 is 0 Å². The quantitative estimate of drug-likeness (QED) is 0.257. The zero-order valence-electron chi connectivity index (χ0n) is 20.8. The summed E-state index contributed by atoms with van der Waals surface area (Å²) in [7, 11) is 1.53. The average molecular weight is 506 g/mol. The molecular weight excluding hydrogens is 477 g/mol. The Morgan fingerprint density at radius 2 is 1.78 bits per heavy atom. The summed E-state index contributed by atoms with van der Waals surface area (Å²) in [5.74, 6) is -1.55. The predicted octanol–water partition coefficient (Wildman–Crippen LogP) is 4.91. The number of methoxy groups -OCH3 is 1. The summed E-state index contributed by atoms with van der Waals surface area (Å²) in [5, 5.41) is 21.6. The second-order valence-electron chi connectivity index (χ2n) is 8.71. The monoisotopic (exact) mass is 505 g/mol. The van der Waals surface area contributed by atoms with Crippen molar-refractivity contribution in [2.45, 2.75) is 26.3 Å². The van der Waals surface area contributed by atoms with Crippen LogP contribution in [0.3, 0.4) is 0 Å². The molecule has 1 fully saturated rings. The van der Waals surface area contributed by atoms with E-state index < -0.39 is 17.7 Å². The van der Waals surface area contributed by atoms with E-state index in [9.17, 15) is 24.2 Å². The van der Waals surface area contributed by atoms with Gasteiger partial charge in [-0.3, -0.25) is 9.59 Å². The smallest absolute Gasteiger partial charge is 0.295 e. The lowest BCUT2D eigenvalue weighted by Gasteiger charge is -2.26. The van der Waals surface area contributed by atoms with Crippen molar-refractivity contribution in [3.8, 4) is 17.2 Å². The summed E-state index contributed by atoms with van der Waals surface area (Å²) >= 11 is 0. The molecule has 0 bridgehead atoms. The summed E-state index contributed by atoms with van der Waals surface area (Å²) in [4.78, 5) is 27.9. The van der Waals surface area contributed by atoms with Crippen molar-refractivity contribution in [3.05, 3.63) is 94.3 Å². The molecule has 37 heavy (non-hydrogen) atoms. The lowest BCUT2D eigenvalue weighted by Crippen LogP contribution is -2.31. The standard InChI is InChI=1S/C29H28FNO6/c1-4-37-24-16-19(7-12-23(24)32)26-25(27(33)22-11-10-21(36-3)15-17(22)2)28(34)29(35)31(26)14-13-18-5-8-20(30)9-6-18/h5-12,15-16,26,32-33H,4,13-14H2,1-3H3/b27-25+. The minimum Gasteiger partial charge on any atom is -0.507 e. The number of Topliss-reactive ketones (excluding diaryl/α,β-unsaturated/α-hetero) is 1. The number of phenols is 1. The third-order valence-corrected chi connectivity index (χ3v) is 6.38. The maximum absolute atomic E-state index is 13.4. The van der Waals surface area contributed by atoms with Gasteiger partial charge in [0.2, 0.25) is 0 Å². The Bertz CT molecular complexity index is 1370. The highest BCUT2D eigenvalue weighted by atomic mass is 19.1. The molecule has 7 nitrogen and oxygen atoms in total. The van der Waals surface area contributed by atoms with Crippen LogP contribution in [0.25, 0.3) is 5.76 Å². The van der Waals surface area contributed by atoms with Crippen LogP contribution in [-0.4, -0.2) is 47.1 Å². The number of nitrogens with zero attached hydrogens (tertiary/aromatic N) is 1. The average Bonchev–Trinajstić information content (AvgIpc) is 3.14. The summed E-state index contributed by atoms with van der Waals surface area (Å²) in [6.07, 6.45) is 0.363. The molecule has 1 unspecified atom stereocenters. The summed E-state index contributed by atoms with van der Waals surface area (Å²) < 4.78 is 24.1.